The van der Waals surface area contributed by atoms with Crippen LogP contribution in [-0.4, -0.2) is 15.0 Å². The molecule has 0 saturated carbocycles. The van der Waals surface area contributed by atoms with E-state index >= 15 is 0 Å². The van der Waals surface area contributed by atoms with Crippen molar-refractivity contribution >= 4 is 21.9 Å². The lowest BCUT2D eigenvalue weighted by Gasteiger charge is -2.08. The van der Waals surface area contributed by atoms with E-state index in [1.165, 1.54) is 0 Å². The van der Waals surface area contributed by atoms with Crippen molar-refractivity contribution in [2.45, 2.75) is 0 Å². The van der Waals surface area contributed by atoms with E-state index in [-0.39, 0.29) is 33.7 Å². The summed E-state index contributed by atoms with van der Waals surface area (Å²) in [7, 11) is 0. The average molecular weight is 491 g/mol. The van der Waals surface area contributed by atoms with Gasteiger partial charge in [0.1, 0.15) is 11.2 Å². The topological polar surface area (TPSA) is 51.8 Å². The Labute approximate surface area is 235 Å². The average Bonchev–Trinajstić information content (AvgIpc) is 3.53. The monoisotopic (exact) mass is 490 g/mol. The molecule has 0 amide bonds. The summed E-state index contributed by atoms with van der Waals surface area (Å²) in [6, 6.07) is 0.594. The largest absolute Gasteiger partial charge is 0.455 e. The first kappa shape index (κ1) is 10.9. The molecule has 0 atom stereocenters. The van der Waals surface area contributed by atoms with Crippen LogP contribution >= 0.6 is 0 Å². The first-order valence-corrected chi connectivity index (χ1v) is 11.0. The van der Waals surface area contributed by atoms with Gasteiger partial charge in [0.15, 0.2) is 17.5 Å². The van der Waals surface area contributed by atoms with Gasteiger partial charge in [-0.25, -0.2) is 15.0 Å². The van der Waals surface area contributed by atoms with Crippen LogP contribution in [0.5, 0.6) is 0 Å². The Balaban J connectivity index is 1.58. The summed E-state index contributed by atoms with van der Waals surface area (Å²) in [6.07, 6.45) is 0. The Hall–Kier alpha value is -5.09. The second-order valence-corrected chi connectivity index (χ2v) is 7.77. The van der Waals surface area contributed by atoms with Crippen molar-refractivity contribution in [2.24, 2.45) is 0 Å². The van der Waals surface area contributed by atoms with Gasteiger partial charge in [0.2, 0.25) is 0 Å². The maximum atomic E-state index is 8.57. The van der Waals surface area contributed by atoms with Gasteiger partial charge >= 0.3 is 0 Å². The third-order valence-electron chi connectivity index (χ3n) is 5.62. The van der Waals surface area contributed by atoms with Crippen LogP contribution < -0.4 is 0 Å². The van der Waals surface area contributed by atoms with Crippen molar-refractivity contribution in [3.05, 3.63) is 127 Å². The molecule has 0 unspecified atom stereocenters. The van der Waals surface area contributed by atoms with Crippen LogP contribution in [0.15, 0.2) is 131 Å². The van der Waals surface area contributed by atoms with E-state index in [9.17, 15) is 0 Å². The van der Waals surface area contributed by atoms with Gasteiger partial charge < -0.3 is 4.42 Å². The summed E-state index contributed by atoms with van der Waals surface area (Å²) >= 11 is 0. The fourth-order valence-corrected chi connectivity index (χ4v) is 4.02. The lowest BCUT2D eigenvalue weighted by molar-refractivity contribution is 0.670. The number of para-hydroxylation sites is 2. The molecule has 174 valence electrons. The van der Waals surface area contributed by atoms with Crippen LogP contribution in [0.3, 0.4) is 0 Å². The molecule has 0 radical (unpaired) electrons. The molecule has 37 heavy (non-hydrogen) atoms. The summed E-state index contributed by atoms with van der Waals surface area (Å²) in [5.41, 5.74) is -0.287. The highest BCUT2D eigenvalue weighted by Gasteiger charge is 2.19. The molecule has 4 nitrogen and oxygen atoms in total. The fourth-order valence-electron chi connectivity index (χ4n) is 4.02. The van der Waals surface area contributed by atoms with E-state index in [2.05, 4.69) is 15.0 Å². The quantitative estimate of drug-likeness (QED) is 0.248. The van der Waals surface area contributed by atoms with Gasteiger partial charge in [-0.1, -0.05) is 121 Å². The van der Waals surface area contributed by atoms with Crippen LogP contribution in [0, 0.1) is 0 Å². The predicted octanol–water partition coefficient (Wildman–Crippen LogP) is 8.44. The number of aromatic nitrogens is 3. The SMILES string of the molecule is [2H]c1c([2H])c([2H])c(-c2nc(-c3c([2H])c([2H])c([2H])c([2H])c3[2H])nc(-c3cccc4c3oc3c(-c5c([2H])c([2H])c([2H])c([2H])c5[2H])cccc34)n2)c([2H])c1[2H]. The van der Waals surface area contributed by atoms with Crippen molar-refractivity contribution in [3.8, 4) is 45.3 Å². The molecule has 7 aromatic rings. The maximum absolute atomic E-state index is 8.57. The summed E-state index contributed by atoms with van der Waals surface area (Å²) in [4.78, 5) is 13.3. The van der Waals surface area contributed by atoms with E-state index in [0.717, 1.165) is 0 Å². The first-order valence-electron chi connectivity index (χ1n) is 18.5. The molecule has 0 aliphatic rings. The molecule has 0 bridgehead atoms. The van der Waals surface area contributed by atoms with Gasteiger partial charge in [0.05, 0.1) is 26.1 Å². The van der Waals surface area contributed by atoms with Crippen LogP contribution in [0.2, 0.25) is 0 Å². The molecule has 2 heterocycles. The van der Waals surface area contributed by atoms with Crippen LogP contribution in [0.1, 0.15) is 20.6 Å². The molecule has 5 aromatic carbocycles. The van der Waals surface area contributed by atoms with Gasteiger partial charge in [0.25, 0.3) is 0 Å². The maximum Gasteiger partial charge on any atom is 0.167 e. The number of nitrogens with zero attached hydrogens (tertiary/aromatic N) is 3. The minimum atomic E-state index is -0.679. The van der Waals surface area contributed by atoms with Gasteiger partial charge in [-0.3, -0.25) is 0 Å². The predicted molar refractivity (Wildman–Crippen MR) is 149 cm³/mol. The minimum absolute atomic E-state index is 0.0932. The molecule has 7 rings (SSSR count). The van der Waals surface area contributed by atoms with Crippen LogP contribution in [0.25, 0.3) is 67.2 Å². The van der Waals surface area contributed by atoms with Crippen molar-refractivity contribution in [2.75, 3.05) is 0 Å². The second-order valence-electron chi connectivity index (χ2n) is 7.77. The standard InChI is InChI=1S/C33H21N3O/c1-4-12-22(13-5-1)25-18-10-19-26-27-20-11-21-28(30(27)37-29(25)26)33-35-31(23-14-6-2-7-15-23)34-32(36-33)24-16-8-3-9-17-24/h1-21H/i1D,2D,3D,4D,5D,6D,7D,8D,9D,12D,13D,14D,15D,16D,17D. The van der Waals surface area contributed by atoms with E-state index in [4.69, 9.17) is 25.0 Å². The molecule has 0 spiro atoms. The molecule has 0 fully saturated rings. The van der Waals surface area contributed by atoms with Crippen molar-refractivity contribution in [1.82, 2.24) is 15.0 Å². The van der Waals surface area contributed by atoms with Gasteiger partial charge in [-0.15, -0.1) is 0 Å². The third-order valence-corrected chi connectivity index (χ3v) is 5.62. The van der Waals surface area contributed by atoms with E-state index < -0.39 is 113 Å². The van der Waals surface area contributed by atoms with Gasteiger partial charge in [0, 0.05) is 27.5 Å². The fraction of sp³-hybridized carbons (Fsp3) is 0. The second kappa shape index (κ2) is 8.85. The summed E-state index contributed by atoms with van der Waals surface area (Å²) in [5.74, 6) is -1.11. The molecule has 0 saturated heterocycles. The lowest BCUT2D eigenvalue weighted by Crippen LogP contribution is -2.00. The Morgan fingerprint density at radius 1 is 0.459 bits per heavy atom. The minimum Gasteiger partial charge on any atom is -0.455 e. The number of furan rings is 1. The molecular formula is C33H21N3O. The summed E-state index contributed by atoms with van der Waals surface area (Å²) in [6.45, 7) is 0. The number of hydrogen-bond acceptors (Lipinski definition) is 4. The van der Waals surface area contributed by atoms with Crippen LogP contribution in [-0.2, 0) is 0 Å². The van der Waals surface area contributed by atoms with Crippen molar-refractivity contribution in [1.29, 1.82) is 0 Å². The molecule has 0 aliphatic heterocycles. The normalized spacial score (nSPS) is 16.9. The molecular weight excluding hydrogens is 454 g/mol. The zero-order valence-corrected chi connectivity index (χ0v) is 18.7. The van der Waals surface area contributed by atoms with Crippen molar-refractivity contribution < 1.29 is 25.0 Å². The summed E-state index contributed by atoms with van der Waals surface area (Å²) < 4.78 is 131. The van der Waals surface area contributed by atoms with E-state index in [0.29, 0.717) is 10.8 Å². The Morgan fingerprint density at radius 2 is 0.892 bits per heavy atom. The third kappa shape index (κ3) is 3.76. The Kier molecular flexibility index (Phi) is 2.60. The van der Waals surface area contributed by atoms with E-state index in [1.807, 2.05) is 0 Å². The lowest BCUT2D eigenvalue weighted by atomic mass is 10.0. The number of benzene rings is 5. The highest BCUT2D eigenvalue weighted by atomic mass is 16.3. The number of rotatable bonds is 4. The number of hydrogen-bond donors (Lipinski definition) is 0. The molecule has 2 aromatic heterocycles. The van der Waals surface area contributed by atoms with Crippen LogP contribution in [0.4, 0.5) is 0 Å². The molecule has 4 heteroatoms. The van der Waals surface area contributed by atoms with E-state index in [1.54, 1.807) is 36.4 Å². The van der Waals surface area contributed by atoms with Gasteiger partial charge in [-0.2, -0.15) is 0 Å². The zero-order chi connectivity index (χ0) is 37.7. The van der Waals surface area contributed by atoms with Gasteiger partial charge in [-0.05, 0) is 11.6 Å². The zero-order valence-electron chi connectivity index (χ0n) is 33.7. The Bertz CT molecular complexity index is 2540. The van der Waals surface area contributed by atoms with Crippen molar-refractivity contribution in [3.63, 3.8) is 0 Å². The molecule has 0 N–H and O–H groups in total. The summed E-state index contributed by atoms with van der Waals surface area (Å²) in [5, 5.41) is 0.975. The highest BCUT2D eigenvalue weighted by molar-refractivity contribution is 6.12. The molecule has 0 aliphatic carbocycles. The first-order chi connectivity index (χ1) is 24.6. The Morgan fingerprint density at radius 3 is 1.43 bits per heavy atom. The smallest absolute Gasteiger partial charge is 0.167 e. The number of fused-ring (bicyclic) bond motifs is 3. The highest BCUT2D eigenvalue weighted by Crippen LogP contribution is 2.39.